The van der Waals surface area contributed by atoms with Crippen molar-refractivity contribution in [2.24, 2.45) is 0 Å². The molecule has 1 aromatic heterocycles. The summed E-state index contributed by atoms with van der Waals surface area (Å²) in [5.74, 6) is 0.0222. The van der Waals surface area contributed by atoms with Crippen LogP contribution in [0.4, 0.5) is 5.69 Å². The summed E-state index contributed by atoms with van der Waals surface area (Å²) in [5.41, 5.74) is 1.05. The quantitative estimate of drug-likeness (QED) is 0.871. The van der Waals surface area contributed by atoms with Crippen molar-refractivity contribution in [3.8, 4) is 5.75 Å². The van der Waals surface area contributed by atoms with Crippen LogP contribution in [0.25, 0.3) is 0 Å². The fraction of sp³-hybridized carbons (Fsp3) is 0.133. The second kappa shape index (κ2) is 7.04. The summed E-state index contributed by atoms with van der Waals surface area (Å²) in [6, 6.07) is 10.2. The first-order valence-corrected chi connectivity index (χ1v) is 6.34. The Morgan fingerprint density at radius 2 is 2.10 bits per heavy atom. The highest BCUT2D eigenvalue weighted by molar-refractivity contribution is 6.04. The molecule has 0 radical (unpaired) electrons. The average molecular weight is 285 g/mol. The number of ether oxygens (including phenoxy) is 1. The van der Waals surface area contributed by atoms with Gasteiger partial charge in [-0.2, -0.15) is 0 Å². The highest BCUT2D eigenvalue weighted by Gasteiger charge is 2.06. The molecule has 2 N–H and O–H groups in total. The number of nitrogens with one attached hydrogen (secondary N) is 2. The lowest BCUT2D eigenvalue weighted by molar-refractivity contribution is -0.122. The van der Waals surface area contributed by atoms with Crippen LogP contribution in [0.5, 0.6) is 5.75 Å². The molecule has 0 atom stereocenters. The summed E-state index contributed by atoms with van der Waals surface area (Å²) in [7, 11) is 1.54. The largest absolute Gasteiger partial charge is 0.484 e. The van der Waals surface area contributed by atoms with Gasteiger partial charge in [0.05, 0.1) is 5.56 Å². The maximum Gasteiger partial charge on any atom is 0.257 e. The van der Waals surface area contributed by atoms with E-state index in [4.69, 9.17) is 4.74 Å². The molecule has 0 aliphatic rings. The van der Waals surface area contributed by atoms with Crippen molar-refractivity contribution >= 4 is 17.5 Å². The van der Waals surface area contributed by atoms with Gasteiger partial charge in [-0.05, 0) is 24.3 Å². The fourth-order valence-corrected chi connectivity index (χ4v) is 1.59. The molecule has 0 saturated heterocycles. The van der Waals surface area contributed by atoms with E-state index in [1.54, 1.807) is 42.6 Å². The molecule has 0 spiro atoms. The lowest BCUT2D eigenvalue weighted by atomic mass is 10.2. The zero-order valence-electron chi connectivity index (χ0n) is 11.5. The first-order chi connectivity index (χ1) is 10.2. The molecule has 0 saturated carbocycles. The molecular weight excluding hydrogens is 270 g/mol. The highest BCUT2D eigenvalue weighted by Crippen LogP contribution is 2.18. The average Bonchev–Trinajstić information content (AvgIpc) is 2.53. The summed E-state index contributed by atoms with van der Waals surface area (Å²) in [6.07, 6.45) is 3.09. The van der Waals surface area contributed by atoms with Crippen LogP contribution in [-0.2, 0) is 4.79 Å². The molecule has 0 aliphatic heterocycles. The summed E-state index contributed by atoms with van der Waals surface area (Å²) in [5, 5.41) is 5.20. The van der Waals surface area contributed by atoms with Crippen LogP contribution in [0, 0.1) is 0 Å². The smallest absolute Gasteiger partial charge is 0.257 e. The van der Waals surface area contributed by atoms with E-state index in [1.807, 2.05) is 0 Å². The molecule has 0 bridgehead atoms. The molecule has 2 amide bonds. The number of anilines is 1. The van der Waals surface area contributed by atoms with Crippen LogP contribution in [0.15, 0.2) is 48.8 Å². The predicted octanol–water partition coefficient (Wildman–Crippen LogP) is 1.46. The SMILES string of the molecule is CNC(=O)COc1cccc(NC(=O)c2cccnc2)c1. The second-order valence-electron chi connectivity index (χ2n) is 4.19. The van der Waals surface area contributed by atoms with Crippen molar-refractivity contribution in [3.63, 3.8) is 0 Å². The van der Waals surface area contributed by atoms with E-state index in [0.29, 0.717) is 17.0 Å². The number of carbonyl (C=O) groups is 2. The number of amides is 2. The number of pyridine rings is 1. The normalized spacial score (nSPS) is 9.76. The van der Waals surface area contributed by atoms with Crippen molar-refractivity contribution in [3.05, 3.63) is 54.4 Å². The van der Waals surface area contributed by atoms with Gasteiger partial charge in [-0.3, -0.25) is 14.6 Å². The van der Waals surface area contributed by atoms with E-state index >= 15 is 0 Å². The van der Waals surface area contributed by atoms with Crippen LogP contribution in [0.1, 0.15) is 10.4 Å². The van der Waals surface area contributed by atoms with E-state index in [0.717, 1.165) is 0 Å². The molecule has 0 unspecified atom stereocenters. The molecule has 2 rings (SSSR count). The molecule has 1 heterocycles. The summed E-state index contributed by atoms with van der Waals surface area (Å²) < 4.78 is 5.31. The number of hydrogen-bond donors (Lipinski definition) is 2. The Balaban J connectivity index is 2.01. The standard InChI is InChI=1S/C15H15N3O3/c1-16-14(19)10-21-13-6-2-5-12(8-13)18-15(20)11-4-3-7-17-9-11/h2-9H,10H2,1H3,(H,16,19)(H,18,20). The zero-order valence-corrected chi connectivity index (χ0v) is 11.5. The number of carbonyl (C=O) groups excluding carboxylic acids is 2. The van der Waals surface area contributed by atoms with Crippen molar-refractivity contribution < 1.29 is 14.3 Å². The Kier molecular flexibility index (Phi) is 4.87. The van der Waals surface area contributed by atoms with Gasteiger partial charge in [-0.15, -0.1) is 0 Å². The van der Waals surface area contributed by atoms with Gasteiger partial charge in [-0.25, -0.2) is 0 Å². The third kappa shape index (κ3) is 4.31. The Morgan fingerprint density at radius 3 is 2.81 bits per heavy atom. The fourth-order valence-electron chi connectivity index (χ4n) is 1.59. The number of nitrogens with zero attached hydrogens (tertiary/aromatic N) is 1. The number of aromatic nitrogens is 1. The van der Waals surface area contributed by atoms with Crippen LogP contribution in [0.3, 0.4) is 0 Å². The highest BCUT2D eigenvalue weighted by atomic mass is 16.5. The van der Waals surface area contributed by atoms with Gasteiger partial charge in [0.1, 0.15) is 5.75 Å². The Labute approximate surface area is 122 Å². The molecule has 0 aliphatic carbocycles. The summed E-state index contributed by atoms with van der Waals surface area (Å²) >= 11 is 0. The maximum atomic E-state index is 12.0. The molecule has 0 fully saturated rings. The molecular formula is C15H15N3O3. The predicted molar refractivity (Wildman–Crippen MR) is 78.2 cm³/mol. The Bertz CT molecular complexity index is 629. The summed E-state index contributed by atoms with van der Waals surface area (Å²) in [6.45, 7) is -0.0729. The Morgan fingerprint density at radius 1 is 1.24 bits per heavy atom. The lowest BCUT2D eigenvalue weighted by Gasteiger charge is -2.08. The minimum Gasteiger partial charge on any atom is -0.484 e. The van der Waals surface area contributed by atoms with Crippen molar-refractivity contribution in [2.45, 2.75) is 0 Å². The summed E-state index contributed by atoms with van der Waals surface area (Å²) in [4.78, 5) is 27.0. The molecule has 1 aromatic carbocycles. The maximum absolute atomic E-state index is 12.0. The van der Waals surface area contributed by atoms with Crippen molar-refractivity contribution in [1.29, 1.82) is 0 Å². The van der Waals surface area contributed by atoms with Gasteiger partial charge in [0.15, 0.2) is 6.61 Å². The van der Waals surface area contributed by atoms with E-state index in [-0.39, 0.29) is 18.4 Å². The van der Waals surface area contributed by atoms with Gasteiger partial charge < -0.3 is 15.4 Å². The third-order valence-electron chi connectivity index (χ3n) is 2.66. The van der Waals surface area contributed by atoms with Gasteiger partial charge in [0, 0.05) is 31.2 Å². The van der Waals surface area contributed by atoms with Gasteiger partial charge in [0.25, 0.3) is 11.8 Å². The monoisotopic (exact) mass is 285 g/mol. The van der Waals surface area contributed by atoms with Crippen molar-refractivity contribution in [1.82, 2.24) is 10.3 Å². The van der Waals surface area contributed by atoms with Gasteiger partial charge >= 0.3 is 0 Å². The van der Waals surface area contributed by atoms with Crippen LogP contribution in [-0.4, -0.2) is 30.5 Å². The third-order valence-corrected chi connectivity index (χ3v) is 2.66. The molecule has 6 nitrogen and oxygen atoms in total. The zero-order chi connectivity index (χ0) is 15.1. The van der Waals surface area contributed by atoms with Gasteiger partial charge in [0.2, 0.25) is 0 Å². The molecule has 21 heavy (non-hydrogen) atoms. The molecule has 2 aromatic rings. The number of rotatable bonds is 5. The first kappa shape index (κ1) is 14.5. The molecule has 108 valence electrons. The van der Waals surface area contributed by atoms with Gasteiger partial charge in [-0.1, -0.05) is 6.07 Å². The molecule has 6 heteroatoms. The van der Waals surface area contributed by atoms with Crippen molar-refractivity contribution in [2.75, 3.05) is 19.0 Å². The van der Waals surface area contributed by atoms with Crippen LogP contribution in [0.2, 0.25) is 0 Å². The number of benzene rings is 1. The van der Waals surface area contributed by atoms with E-state index < -0.39 is 0 Å². The first-order valence-electron chi connectivity index (χ1n) is 6.34. The lowest BCUT2D eigenvalue weighted by Crippen LogP contribution is -2.24. The van der Waals surface area contributed by atoms with Crippen LogP contribution < -0.4 is 15.4 Å². The topological polar surface area (TPSA) is 80.3 Å². The minimum absolute atomic E-state index is 0.0729. The Hall–Kier alpha value is -2.89. The minimum atomic E-state index is -0.258. The number of hydrogen-bond acceptors (Lipinski definition) is 4. The van der Waals surface area contributed by atoms with E-state index in [9.17, 15) is 9.59 Å². The van der Waals surface area contributed by atoms with E-state index in [2.05, 4.69) is 15.6 Å². The number of likely N-dealkylation sites (N-methyl/N-ethyl adjacent to an activating group) is 1. The van der Waals surface area contributed by atoms with Crippen LogP contribution >= 0.6 is 0 Å². The van der Waals surface area contributed by atoms with E-state index in [1.165, 1.54) is 13.2 Å². The second-order valence-corrected chi connectivity index (χ2v) is 4.19.